The van der Waals surface area contributed by atoms with E-state index in [0.29, 0.717) is 22.6 Å². The molecule has 0 saturated carbocycles. The monoisotopic (exact) mass is 241 g/mol. The van der Waals surface area contributed by atoms with Crippen molar-refractivity contribution in [2.45, 2.75) is 13.3 Å². The maximum atomic E-state index is 10.9. The van der Waals surface area contributed by atoms with Gasteiger partial charge in [0.25, 0.3) is 0 Å². The molecule has 16 heavy (non-hydrogen) atoms. The van der Waals surface area contributed by atoms with Gasteiger partial charge in [-0.2, -0.15) is 0 Å². The molecular formula is C11H12ClNO3. The molecule has 0 atom stereocenters. The van der Waals surface area contributed by atoms with E-state index in [1.165, 1.54) is 13.2 Å². The van der Waals surface area contributed by atoms with Gasteiger partial charge in [0.2, 0.25) is 5.75 Å². The van der Waals surface area contributed by atoms with Crippen LogP contribution in [0, 0.1) is 17.0 Å². The van der Waals surface area contributed by atoms with Crippen molar-refractivity contribution in [3.8, 4) is 5.75 Å². The number of aryl methyl sites for hydroxylation is 1. The number of benzene rings is 1. The zero-order valence-electron chi connectivity index (χ0n) is 9.12. The fourth-order valence-electron chi connectivity index (χ4n) is 1.52. The molecule has 0 radical (unpaired) electrons. The molecule has 0 N–H and O–H groups in total. The van der Waals surface area contributed by atoms with Crippen LogP contribution in [0.3, 0.4) is 0 Å². The molecule has 1 rings (SSSR count). The van der Waals surface area contributed by atoms with Gasteiger partial charge in [-0.1, -0.05) is 17.7 Å². The Balaban J connectivity index is 3.54. The van der Waals surface area contributed by atoms with Crippen molar-refractivity contribution in [2.75, 3.05) is 7.11 Å². The lowest BCUT2D eigenvalue weighted by atomic mass is 10.1. The predicted molar refractivity (Wildman–Crippen MR) is 63.3 cm³/mol. The Labute approximate surface area is 98.6 Å². The molecule has 1 aromatic carbocycles. The van der Waals surface area contributed by atoms with Gasteiger partial charge in [0.15, 0.2) is 0 Å². The van der Waals surface area contributed by atoms with Crippen LogP contribution >= 0.6 is 11.6 Å². The summed E-state index contributed by atoms with van der Waals surface area (Å²) in [5.41, 5.74) is 1.19. The summed E-state index contributed by atoms with van der Waals surface area (Å²) < 4.78 is 5.05. The van der Waals surface area contributed by atoms with Crippen molar-refractivity contribution in [1.82, 2.24) is 0 Å². The third kappa shape index (κ3) is 2.17. The van der Waals surface area contributed by atoms with Gasteiger partial charge in [-0.05, 0) is 18.9 Å². The summed E-state index contributed by atoms with van der Waals surface area (Å²) in [6.07, 6.45) is 2.07. The van der Waals surface area contributed by atoms with Crippen LogP contribution in [-0.2, 0) is 6.42 Å². The van der Waals surface area contributed by atoms with Crippen LogP contribution in [0.4, 0.5) is 5.69 Å². The van der Waals surface area contributed by atoms with Crippen LogP contribution in [0.25, 0.3) is 0 Å². The summed E-state index contributed by atoms with van der Waals surface area (Å²) in [5.74, 6) is 0.209. The van der Waals surface area contributed by atoms with E-state index in [4.69, 9.17) is 16.3 Å². The Hall–Kier alpha value is -1.55. The molecule has 0 saturated heterocycles. The largest absolute Gasteiger partial charge is 0.490 e. The molecule has 0 fully saturated rings. The average molecular weight is 242 g/mol. The van der Waals surface area contributed by atoms with Gasteiger partial charge in [0.05, 0.1) is 17.1 Å². The van der Waals surface area contributed by atoms with Crippen molar-refractivity contribution in [3.63, 3.8) is 0 Å². The molecule has 0 aliphatic heterocycles. The van der Waals surface area contributed by atoms with Gasteiger partial charge >= 0.3 is 5.69 Å². The summed E-state index contributed by atoms with van der Waals surface area (Å²) in [4.78, 5) is 10.4. The van der Waals surface area contributed by atoms with Crippen LogP contribution in [0.15, 0.2) is 18.7 Å². The number of nitrogens with zero attached hydrogens (tertiary/aromatic N) is 1. The number of rotatable bonds is 4. The van der Waals surface area contributed by atoms with Crippen LogP contribution in [0.2, 0.25) is 5.02 Å². The minimum absolute atomic E-state index is 0.0683. The summed E-state index contributed by atoms with van der Waals surface area (Å²) in [6.45, 7) is 5.32. The number of nitro benzene ring substituents is 1. The van der Waals surface area contributed by atoms with Crippen LogP contribution in [-0.4, -0.2) is 12.0 Å². The first-order valence-electron chi connectivity index (χ1n) is 4.64. The zero-order chi connectivity index (χ0) is 12.3. The molecule has 1 aromatic rings. The lowest BCUT2D eigenvalue weighted by Gasteiger charge is -2.11. The van der Waals surface area contributed by atoms with Gasteiger partial charge in [0, 0.05) is 11.6 Å². The zero-order valence-corrected chi connectivity index (χ0v) is 9.87. The Bertz CT molecular complexity index is 443. The topological polar surface area (TPSA) is 52.4 Å². The lowest BCUT2D eigenvalue weighted by Crippen LogP contribution is -2.00. The molecule has 5 heteroatoms. The predicted octanol–water partition coefficient (Wildman–Crippen LogP) is 3.29. The Morgan fingerprint density at radius 3 is 2.75 bits per heavy atom. The number of nitro groups is 1. The highest BCUT2D eigenvalue weighted by Gasteiger charge is 2.22. The third-order valence-electron chi connectivity index (χ3n) is 2.22. The van der Waals surface area contributed by atoms with Crippen molar-refractivity contribution in [1.29, 1.82) is 0 Å². The number of ether oxygens (including phenoxy) is 1. The minimum atomic E-state index is -0.477. The Morgan fingerprint density at radius 1 is 1.69 bits per heavy atom. The fraction of sp³-hybridized carbons (Fsp3) is 0.273. The SMILES string of the molecule is C=CCc1c(Cl)c(C)cc([N+](=O)[O-])c1OC. The van der Waals surface area contributed by atoms with E-state index in [9.17, 15) is 10.1 Å². The summed E-state index contributed by atoms with van der Waals surface area (Å²) in [7, 11) is 1.39. The third-order valence-corrected chi connectivity index (χ3v) is 2.75. The minimum Gasteiger partial charge on any atom is -0.490 e. The molecule has 0 heterocycles. The van der Waals surface area contributed by atoms with Crippen molar-refractivity contribution < 1.29 is 9.66 Å². The number of hydrogen-bond acceptors (Lipinski definition) is 3. The van der Waals surface area contributed by atoms with Crippen LogP contribution < -0.4 is 4.74 Å². The van der Waals surface area contributed by atoms with E-state index >= 15 is 0 Å². The molecule has 0 aliphatic carbocycles. The van der Waals surface area contributed by atoms with Crippen molar-refractivity contribution >= 4 is 17.3 Å². The Kier molecular flexibility index (Phi) is 3.90. The number of allylic oxidation sites excluding steroid dienone is 1. The molecule has 0 bridgehead atoms. The highest BCUT2D eigenvalue weighted by molar-refractivity contribution is 6.32. The molecule has 0 unspecified atom stereocenters. The standard InChI is InChI=1S/C11H12ClNO3/c1-4-5-8-10(12)7(2)6-9(13(14)15)11(8)16-3/h4,6H,1,5H2,2-3H3. The lowest BCUT2D eigenvalue weighted by molar-refractivity contribution is -0.385. The first-order valence-corrected chi connectivity index (χ1v) is 5.02. The van der Waals surface area contributed by atoms with E-state index < -0.39 is 4.92 Å². The fourth-order valence-corrected chi connectivity index (χ4v) is 1.73. The highest BCUT2D eigenvalue weighted by Crippen LogP contribution is 2.38. The first-order chi connectivity index (χ1) is 7.52. The average Bonchev–Trinajstić information content (AvgIpc) is 2.24. The van der Waals surface area contributed by atoms with Gasteiger partial charge in [0.1, 0.15) is 0 Å². The van der Waals surface area contributed by atoms with Crippen molar-refractivity contribution in [3.05, 3.63) is 45.0 Å². The summed E-state index contributed by atoms with van der Waals surface area (Å²) >= 11 is 6.08. The second-order valence-corrected chi connectivity index (χ2v) is 3.67. The molecule has 0 amide bonds. The normalized spacial score (nSPS) is 9.94. The van der Waals surface area contributed by atoms with Gasteiger partial charge < -0.3 is 4.74 Å². The molecule has 0 aromatic heterocycles. The van der Waals surface area contributed by atoms with E-state index in [1.54, 1.807) is 13.0 Å². The van der Waals surface area contributed by atoms with Crippen LogP contribution in [0.1, 0.15) is 11.1 Å². The number of hydrogen-bond donors (Lipinski definition) is 0. The first kappa shape index (κ1) is 12.5. The molecule has 86 valence electrons. The molecular weight excluding hydrogens is 230 g/mol. The van der Waals surface area contributed by atoms with E-state index in [2.05, 4.69) is 6.58 Å². The number of methoxy groups -OCH3 is 1. The maximum Gasteiger partial charge on any atom is 0.311 e. The second kappa shape index (κ2) is 4.99. The van der Waals surface area contributed by atoms with Gasteiger partial charge in [-0.15, -0.1) is 6.58 Å². The smallest absolute Gasteiger partial charge is 0.311 e. The van der Waals surface area contributed by atoms with Crippen LogP contribution in [0.5, 0.6) is 5.75 Å². The molecule has 4 nitrogen and oxygen atoms in total. The van der Waals surface area contributed by atoms with E-state index in [1.807, 2.05) is 0 Å². The Morgan fingerprint density at radius 2 is 2.31 bits per heavy atom. The van der Waals surface area contributed by atoms with Gasteiger partial charge in [-0.25, -0.2) is 0 Å². The molecule has 0 aliphatic rings. The quantitative estimate of drug-likeness (QED) is 0.462. The number of halogens is 1. The van der Waals surface area contributed by atoms with Gasteiger partial charge in [-0.3, -0.25) is 10.1 Å². The summed E-state index contributed by atoms with van der Waals surface area (Å²) in [6, 6.07) is 1.41. The second-order valence-electron chi connectivity index (χ2n) is 3.29. The molecule has 0 spiro atoms. The highest BCUT2D eigenvalue weighted by atomic mass is 35.5. The summed E-state index contributed by atoms with van der Waals surface area (Å²) in [5, 5.41) is 11.3. The van der Waals surface area contributed by atoms with Crippen molar-refractivity contribution in [2.24, 2.45) is 0 Å². The van der Waals surface area contributed by atoms with E-state index in [-0.39, 0.29) is 11.4 Å². The van der Waals surface area contributed by atoms with E-state index in [0.717, 1.165) is 0 Å². The maximum absolute atomic E-state index is 10.9.